The molecular weight excluding hydrogens is 314 g/mol. The molecule has 1 aromatic heterocycles. The van der Waals surface area contributed by atoms with Gasteiger partial charge in [0.25, 0.3) is 5.56 Å². The number of para-hydroxylation sites is 1. The van der Waals surface area contributed by atoms with Crippen LogP contribution in [-0.2, 0) is 17.6 Å². The molecule has 0 saturated carbocycles. The van der Waals surface area contributed by atoms with Crippen molar-refractivity contribution in [2.45, 2.75) is 26.2 Å². The summed E-state index contributed by atoms with van der Waals surface area (Å²) in [6.07, 6.45) is 1.67. The number of H-pyrrole nitrogens is 1. The summed E-state index contributed by atoms with van der Waals surface area (Å²) in [5.74, 6) is 0.590. The van der Waals surface area contributed by atoms with Gasteiger partial charge >= 0.3 is 0 Å². The fourth-order valence-electron chi connectivity index (χ4n) is 2.79. The van der Waals surface area contributed by atoms with Gasteiger partial charge in [-0.2, -0.15) is 0 Å². The van der Waals surface area contributed by atoms with Crippen LogP contribution in [0.4, 0.5) is 0 Å². The number of hydrogen-bond acceptors (Lipinski definition) is 3. The molecule has 3 aromatic rings. The lowest BCUT2D eigenvalue weighted by molar-refractivity contribution is -0.121. The summed E-state index contributed by atoms with van der Waals surface area (Å²) in [4.78, 5) is 31.2. The topological polar surface area (TPSA) is 74.8 Å². The Balaban J connectivity index is 1.51. The van der Waals surface area contributed by atoms with Crippen LogP contribution in [0.2, 0.25) is 0 Å². The molecule has 5 heteroatoms. The van der Waals surface area contributed by atoms with Crippen molar-refractivity contribution in [2.75, 3.05) is 6.54 Å². The first kappa shape index (κ1) is 16.9. The third-order valence-corrected chi connectivity index (χ3v) is 4.07. The molecule has 0 saturated heterocycles. The van der Waals surface area contributed by atoms with E-state index in [1.807, 2.05) is 43.3 Å². The molecule has 128 valence electrons. The van der Waals surface area contributed by atoms with E-state index in [4.69, 9.17) is 0 Å². The molecule has 0 aliphatic heterocycles. The first-order valence-electron chi connectivity index (χ1n) is 8.42. The molecule has 0 atom stereocenters. The third-order valence-electron chi connectivity index (χ3n) is 4.07. The molecule has 0 bridgehead atoms. The molecule has 3 rings (SSSR count). The number of hydrogen-bond donors (Lipinski definition) is 2. The number of nitrogens with one attached hydrogen (secondary N) is 2. The van der Waals surface area contributed by atoms with Gasteiger partial charge in [-0.05, 0) is 31.0 Å². The van der Waals surface area contributed by atoms with Gasteiger partial charge in [-0.25, -0.2) is 4.98 Å². The van der Waals surface area contributed by atoms with E-state index in [-0.39, 0.29) is 11.5 Å². The largest absolute Gasteiger partial charge is 0.356 e. The monoisotopic (exact) mass is 335 g/mol. The second kappa shape index (κ2) is 7.75. The van der Waals surface area contributed by atoms with Crippen molar-refractivity contribution in [3.8, 4) is 0 Å². The van der Waals surface area contributed by atoms with Crippen LogP contribution >= 0.6 is 0 Å². The Kier molecular flexibility index (Phi) is 5.23. The Morgan fingerprint density at radius 1 is 1.12 bits per heavy atom. The minimum atomic E-state index is -0.147. The van der Waals surface area contributed by atoms with Crippen LogP contribution in [0.5, 0.6) is 0 Å². The summed E-state index contributed by atoms with van der Waals surface area (Å²) in [6, 6.07) is 15.4. The first-order chi connectivity index (χ1) is 12.1. The zero-order valence-corrected chi connectivity index (χ0v) is 14.2. The standard InChI is InChI=1S/C20H21N3O2/c1-14-5-4-6-15(13-14)9-10-19(24)21-12-11-18-22-17-8-3-2-7-16(17)20(25)23-18/h2-8,13H,9-12H2,1H3,(H,21,24)(H,22,23,25). The second-order valence-corrected chi connectivity index (χ2v) is 6.12. The van der Waals surface area contributed by atoms with Gasteiger partial charge in [0.15, 0.2) is 0 Å². The number of aromatic nitrogens is 2. The van der Waals surface area contributed by atoms with Crippen molar-refractivity contribution < 1.29 is 4.79 Å². The lowest BCUT2D eigenvalue weighted by Crippen LogP contribution is -2.27. The molecule has 1 amide bonds. The molecule has 0 fully saturated rings. The van der Waals surface area contributed by atoms with E-state index < -0.39 is 0 Å². The maximum absolute atomic E-state index is 12.0. The van der Waals surface area contributed by atoms with Gasteiger partial charge in [0.1, 0.15) is 5.82 Å². The van der Waals surface area contributed by atoms with Crippen LogP contribution in [-0.4, -0.2) is 22.4 Å². The predicted molar refractivity (Wildman–Crippen MR) is 98.6 cm³/mol. The Morgan fingerprint density at radius 2 is 1.96 bits per heavy atom. The summed E-state index contributed by atoms with van der Waals surface area (Å²) >= 11 is 0. The zero-order chi connectivity index (χ0) is 17.6. The average Bonchev–Trinajstić information content (AvgIpc) is 2.60. The number of nitrogens with zero attached hydrogens (tertiary/aromatic N) is 1. The van der Waals surface area contributed by atoms with Crippen LogP contribution in [0.15, 0.2) is 53.3 Å². The number of benzene rings is 2. The van der Waals surface area contributed by atoms with Gasteiger partial charge in [-0.3, -0.25) is 9.59 Å². The highest BCUT2D eigenvalue weighted by molar-refractivity contribution is 5.77. The zero-order valence-electron chi connectivity index (χ0n) is 14.2. The van der Waals surface area contributed by atoms with Crippen molar-refractivity contribution in [3.63, 3.8) is 0 Å². The van der Waals surface area contributed by atoms with Crippen LogP contribution in [0.1, 0.15) is 23.4 Å². The Hall–Kier alpha value is -2.95. The van der Waals surface area contributed by atoms with Gasteiger partial charge in [0.2, 0.25) is 5.91 Å². The molecule has 0 radical (unpaired) electrons. The summed E-state index contributed by atoms with van der Waals surface area (Å²) in [6.45, 7) is 2.49. The summed E-state index contributed by atoms with van der Waals surface area (Å²) in [7, 11) is 0. The minimum absolute atomic E-state index is 0.00430. The average molecular weight is 335 g/mol. The van der Waals surface area contributed by atoms with Crippen molar-refractivity contribution >= 4 is 16.8 Å². The maximum atomic E-state index is 12.0. The number of rotatable bonds is 6. The van der Waals surface area contributed by atoms with E-state index in [9.17, 15) is 9.59 Å². The van der Waals surface area contributed by atoms with Gasteiger partial charge in [-0.1, -0.05) is 42.0 Å². The highest BCUT2D eigenvalue weighted by Gasteiger charge is 2.05. The van der Waals surface area contributed by atoms with Gasteiger partial charge in [-0.15, -0.1) is 0 Å². The minimum Gasteiger partial charge on any atom is -0.356 e. The van der Waals surface area contributed by atoms with Crippen LogP contribution in [0, 0.1) is 6.92 Å². The fraction of sp³-hybridized carbons (Fsp3) is 0.250. The SMILES string of the molecule is Cc1cccc(CCC(=O)NCCc2nc3ccccc3c(=O)[nH]2)c1. The van der Waals surface area contributed by atoms with E-state index in [0.29, 0.717) is 36.1 Å². The Labute approximate surface area is 146 Å². The highest BCUT2D eigenvalue weighted by Crippen LogP contribution is 2.07. The maximum Gasteiger partial charge on any atom is 0.258 e. The van der Waals surface area contributed by atoms with Crippen LogP contribution < -0.4 is 10.9 Å². The van der Waals surface area contributed by atoms with Gasteiger partial charge in [0.05, 0.1) is 10.9 Å². The molecule has 0 aliphatic rings. The fourth-order valence-corrected chi connectivity index (χ4v) is 2.79. The molecule has 0 aliphatic carbocycles. The number of aromatic amines is 1. The van der Waals surface area contributed by atoms with Gasteiger partial charge in [0, 0.05) is 19.4 Å². The van der Waals surface area contributed by atoms with Crippen molar-refractivity contribution in [3.05, 3.63) is 75.8 Å². The smallest absolute Gasteiger partial charge is 0.258 e. The summed E-state index contributed by atoms with van der Waals surface area (Å²) in [5, 5.41) is 3.46. The van der Waals surface area contributed by atoms with E-state index in [0.717, 1.165) is 12.0 Å². The normalized spacial score (nSPS) is 10.8. The first-order valence-corrected chi connectivity index (χ1v) is 8.42. The van der Waals surface area contributed by atoms with E-state index >= 15 is 0 Å². The third kappa shape index (κ3) is 4.53. The summed E-state index contributed by atoms with van der Waals surface area (Å²) < 4.78 is 0. The lowest BCUT2D eigenvalue weighted by Gasteiger charge is -2.06. The molecule has 0 spiro atoms. The lowest BCUT2D eigenvalue weighted by atomic mass is 10.1. The second-order valence-electron chi connectivity index (χ2n) is 6.12. The van der Waals surface area contributed by atoms with Crippen molar-refractivity contribution in [1.82, 2.24) is 15.3 Å². The molecule has 2 aromatic carbocycles. The molecule has 2 N–H and O–H groups in total. The molecular formula is C20H21N3O2. The highest BCUT2D eigenvalue weighted by atomic mass is 16.1. The van der Waals surface area contributed by atoms with Crippen molar-refractivity contribution in [2.24, 2.45) is 0 Å². The molecule has 25 heavy (non-hydrogen) atoms. The predicted octanol–water partition coefficient (Wildman–Crippen LogP) is 2.52. The molecule has 5 nitrogen and oxygen atoms in total. The van der Waals surface area contributed by atoms with Crippen LogP contribution in [0.3, 0.4) is 0 Å². The molecule has 1 heterocycles. The number of carbonyl (C=O) groups excluding carboxylic acids is 1. The van der Waals surface area contributed by atoms with Gasteiger partial charge < -0.3 is 10.3 Å². The Bertz CT molecular complexity index is 947. The molecule has 0 unspecified atom stereocenters. The van der Waals surface area contributed by atoms with E-state index in [1.54, 1.807) is 6.07 Å². The van der Waals surface area contributed by atoms with E-state index in [1.165, 1.54) is 5.56 Å². The number of amides is 1. The van der Waals surface area contributed by atoms with Crippen LogP contribution in [0.25, 0.3) is 10.9 Å². The van der Waals surface area contributed by atoms with Crippen molar-refractivity contribution in [1.29, 1.82) is 0 Å². The quantitative estimate of drug-likeness (QED) is 0.727. The number of carbonyl (C=O) groups is 1. The summed E-state index contributed by atoms with van der Waals surface area (Å²) in [5.41, 5.74) is 2.89. The number of aryl methyl sites for hydroxylation is 2. The Morgan fingerprint density at radius 3 is 2.80 bits per heavy atom. The van der Waals surface area contributed by atoms with E-state index in [2.05, 4.69) is 21.4 Å². The number of fused-ring (bicyclic) bond motifs is 1.